The number of nitrogens with zero attached hydrogens (tertiary/aromatic N) is 5. The number of nitrogens with two attached hydrogens (primary N) is 2. The predicted molar refractivity (Wildman–Crippen MR) is 190 cm³/mol. The highest BCUT2D eigenvalue weighted by molar-refractivity contribution is 7.90. The van der Waals surface area contributed by atoms with E-state index in [0.717, 1.165) is 52.4 Å². The maximum Gasteiger partial charge on any atom is 0.269 e. The zero-order chi connectivity index (χ0) is 33.7. The summed E-state index contributed by atoms with van der Waals surface area (Å²) < 4.78 is 32.9. The molecule has 0 unspecified atom stereocenters. The molecule has 0 aliphatic carbocycles. The lowest BCUT2D eigenvalue weighted by molar-refractivity contribution is 0.198. The second-order valence-electron chi connectivity index (χ2n) is 11.3. The zero-order valence-electron chi connectivity index (χ0n) is 26.7. The molecule has 7 aromatic rings. The van der Waals surface area contributed by atoms with Crippen LogP contribution in [0.25, 0.3) is 44.6 Å². The van der Waals surface area contributed by atoms with Crippen molar-refractivity contribution in [3.63, 3.8) is 0 Å². The maximum absolute atomic E-state index is 13.4. The molecule has 0 saturated carbocycles. The number of ether oxygens (including phenoxy) is 1. The first kappa shape index (κ1) is 32.4. The van der Waals surface area contributed by atoms with Crippen molar-refractivity contribution in [2.45, 2.75) is 31.6 Å². The number of benzene rings is 3. The van der Waals surface area contributed by atoms with Crippen LogP contribution in [0.5, 0.6) is 0 Å². The topological polar surface area (TPSA) is 168 Å². The minimum Gasteiger partial charge on any atom is -0.399 e. The fourth-order valence-electron chi connectivity index (χ4n) is 5.30. The average Bonchev–Trinajstić information content (AvgIpc) is 3.89. The molecule has 0 bridgehead atoms. The van der Waals surface area contributed by atoms with Crippen molar-refractivity contribution in [2.24, 2.45) is 0 Å². The smallest absolute Gasteiger partial charge is 0.269 e. The lowest BCUT2D eigenvalue weighted by atomic mass is 10.1. The number of nitrogen functional groups attached to an aromatic ring is 2. The van der Waals surface area contributed by atoms with E-state index in [2.05, 4.69) is 31.0 Å². The van der Waals surface area contributed by atoms with Gasteiger partial charge in [-0.15, -0.1) is 0 Å². The van der Waals surface area contributed by atoms with Crippen molar-refractivity contribution in [1.29, 1.82) is 0 Å². The Morgan fingerprint density at radius 1 is 0.708 bits per heavy atom. The summed E-state index contributed by atoms with van der Waals surface area (Å²) in [5.74, 6) is 0. The first-order chi connectivity index (χ1) is 23.2. The number of rotatable bonds is 4. The standard InChI is InChI=1S/C19H16N4O2S.C13H12N4.C4H8O/c1-13-17-11-18(14-7-9-15(20)10-8-14)23(19(17)22-12-21-13)26(24,25)16-5-3-2-4-6-16;1-8-11-6-12(17-13(11)16-7-15-8)9-2-4-10(14)5-3-9;1-2-4-5-3-1/h2-12H,20H2,1H3;2-7H,14H2,1H3,(H,15,16,17);1-4H2. The summed E-state index contributed by atoms with van der Waals surface area (Å²) in [6.45, 7) is 5.81. The molecule has 4 aromatic heterocycles. The molecule has 8 rings (SSSR count). The van der Waals surface area contributed by atoms with Crippen molar-refractivity contribution in [2.75, 3.05) is 24.7 Å². The Morgan fingerprint density at radius 3 is 1.88 bits per heavy atom. The number of aromatic nitrogens is 6. The summed E-state index contributed by atoms with van der Waals surface area (Å²) in [6.07, 6.45) is 5.50. The SMILES string of the molecule is C1CCOC1.Cc1ncnc2[nH]c(-c3ccc(N)cc3)cc12.Cc1ncnc2c1cc(-c1ccc(N)cc1)n2S(=O)(=O)c1ccccc1. The molecule has 11 nitrogen and oxygen atoms in total. The molecule has 5 N–H and O–H groups in total. The van der Waals surface area contributed by atoms with E-state index in [0.29, 0.717) is 28.1 Å². The Bertz CT molecular complexity index is 2250. The van der Waals surface area contributed by atoms with Gasteiger partial charge in [0.15, 0.2) is 5.65 Å². The van der Waals surface area contributed by atoms with Crippen molar-refractivity contribution in [1.82, 2.24) is 28.9 Å². The van der Waals surface area contributed by atoms with Crippen LogP contribution in [0.2, 0.25) is 0 Å². The number of nitrogens with one attached hydrogen (secondary N) is 1. The van der Waals surface area contributed by atoms with Crippen molar-refractivity contribution < 1.29 is 13.2 Å². The van der Waals surface area contributed by atoms with Crippen molar-refractivity contribution >= 4 is 43.5 Å². The summed E-state index contributed by atoms with van der Waals surface area (Å²) in [5.41, 5.74) is 19.1. The monoisotopic (exact) mass is 660 g/mol. The fraction of sp³-hybridized carbons (Fsp3) is 0.167. The highest BCUT2D eigenvalue weighted by Gasteiger charge is 2.25. The molecule has 0 atom stereocenters. The van der Waals surface area contributed by atoms with Gasteiger partial charge in [-0.3, -0.25) is 0 Å². The molecule has 0 spiro atoms. The molecule has 12 heteroatoms. The van der Waals surface area contributed by atoms with Crippen LogP contribution in [-0.2, 0) is 14.8 Å². The summed E-state index contributed by atoms with van der Waals surface area (Å²) in [6, 6.07) is 27.0. The van der Waals surface area contributed by atoms with Gasteiger partial charge in [-0.1, -0.05) is 42.5 Å². The predicted octanol–water partition coefficient (Wildman–Crippen LogP) is 6.54. The molecule has 1 fully saturated rings. The van der Waals surface area contributed by atoms with Gasteiger partial charge in [0.25, 0.3) is 10.0 Å². The molecule has 48 heavy (non-hydrogen) atoms. The van der Waals surface area contributed by atoms with Gasteiger partial charge >= 0.3 is 0 Å². The number of hydrogen-bond acceptors (Lipinski definition) is 9. The van der Waals surface area contributed by atoms with Crippen LogP contribution in [0, 0.1) is 13.8 Å². The van der Waals surface area contributed by atoms with Crippen LogP contribution in [0.4, 0.5) is 11.4 Å². The summed E-state index contributed by atoms with van der Waals surface area (Å²) >= 11 is 0. The van der Waals surface area contributed by atoms with E-state index in [9.17, 15) is 8.42 Å². The molecular formula is C36H36N8O3S. The van der Waals surface area contributed by atoms with Gasteiger partial charge in [0, 0.05) is 41.1 Å². The highest BCUT2D eigenvalue weighted by atomic mass is 32.2. The fourth-order valence-corrected chi connectivity index (χ4v) is 6.80. The molecule has 1 aliphatic heterocycles. The van der Waals surface area contributed by atoms with E-state index in [1.54, 1.807) is 67.0 Å². The van der Waals surface area contributed by atoms with Crippen molar-refractivity contribution in [3.8, 4) is 22.5 Å². The zero-order valence-corrected chi connectivity index (χ0v) is 27.5. The molecule has 5 heterocycles. The van der Waals surface area contributed by atoms with Crippen LogP contribution >= 0.6 is 0 Å². The summed E-state index contributed by atoms with van der Waals surface area (Å²) in [4.78, 5) is 20.3. The van der Waals surface area contributed by atoms with E-state index in [1.807, 2.05) is 38.1 Å². The number of anilines is 2. The van der Waals surface area contributed by atoms with E-state index >= 15 is 0 Å². The Balaban J connectivity index is 0.000000155. The van der Waals surface area contributed by atoms with Gasteiger partial charge in [-0.05, 0) is 86.3 Å². The van der Waals surface area contributed by atoms with Crippen LogP contribution in [0.1, 0.15) is 24.2 Å². The maximum atomic E-state index is 13.4. The van der Waals surface area contributed by atoms with E-state index in [4.69, 9.17) is 16.2 Å². The first-order valence-electron chi connectivity index (χ1n) is 15.5. The normalized spacial score (nSPS) is 12.7. The largest absolute Gasteiger partial charge is 0.399 e. The van der Waals surface area contributed by atoms with Crippen LogP contribution in [0.3, 0.4) is 0 Å². The van der Waals surface area contributed by atoms with Gasteiger partial charge in [-0.25, -0.2) is 32.3 Å². The van der Waals surface area contributed by atoms with Crippen LogP contribution in [0.15, 0.2) is 109 Å². The lowest BCUT2D eigenvalue weighted by Crippen LogP contribution is -2.14. The van der Waals surface area contributed by atoms with Gasteiger partial charge < -0.3 is 21.2 Å². The minimum absolute atomic E-state index is 0.200. The molecule has 1 aliphatic rings. The Hall–Kier alpha value is -5.59. The van der Waals surface area contributed by atoms with E-state index in [-0.39, 0.29) is 4.90 Å². The first-order valence-corrected chi connectivity index (χ1v) is 16.9. The van der Waals surface area contributed by atoms with Crippen molar-refractivity contribution in [3.05, 3.63) is 115 Å². The number of aryl methyl sites for hydroxylation is 2. The number of hydrogen-bond donors (Lipinski definition) is 3. The van der Waals surface area contributed by atoms with Gasteiger partial charge in [0.1, 0.15) is 18.3 Å². The number of H-pyrrole nitrogens is 1. The lowest BCUT2D eigenvalue weighted by Gasteiger charge is -2.11. The second-order valence-corrected chi connectivity index (χ2v) is 13.1. The summed E-state index contributed by atoms with van der Waals surface area (Å²) in [7, 11) is -3.83. The molecule has 0 radical (unpaired) electrons. The number of fused-ring (bicyclic) bond motifs is 2. The Kier molecular flexibility index (Phi) is 9.46. The van der Waals surface area contributed by atoms with Gasteiger partial charge in [0.05, 0.1) is 22.0 Å². The van der Waals surface area contributed by atoms with E-state index in [1.165, 1.54) is 23.1 Å². The molecule has 3 aromatic carbocycles. The third kappa shape index (κ3) is 6.89. The average molecular weight is 661 g/mol. The third-order valence-electron chi connectivity index (χ3n) is 7.92. The number of aromatic amines is 1. The third-order valence-corrected chi connectivity index (χ3v) is 9.63. The minimum atomic E-state index is -3.83. The van der Waals surface area contributed by atoms with Gasteiger partial charge in [0.2, 0.25) is 0 Å². The molecule has 244 valence electrons. The Morgan fingerprint density at radius 2 is 1.29 bits per heavy atom. The Labute approximate surface area is 278 Å². The van der Waals surface area contributed by atoms with E-state index < -0.39 is 10.0 Å². The molecule has 1 saturated heterocycles. The van der Waals surface area contributed by atoms with Crippen LogP contribution in [-0.4, -0.2) is 50.5 Å². The van der Waals surface area contributed by atoms with Gasteiger partial charge in [-0.2, -0.15) is 0 Å². The molecular weight excluding hydrogens is 625 g/mol. The highest BCUT2D eigenvalue weighted by Crippen LogP contribution is 2.32. The molecule has 0 amide bonds. The van der Waals surface area contributed by atoms with Crippen LogP contribution < -0.4 is 11.5 Å². The summed E-state index contributed by atoms with van der Waals surface area (Å²) in [5, 5.41) is 1.75. The second kappa shape index (κ2) is 14.0. The quantitative estimate of drug-likeness (QED) is 0.178.